The van der Waals surface area contributed by atoms with Crippen LogP contribution in [0.1, 0.15) is 12.5 Å². The Morgan fingerprint density at radius 2 is 2.00 bits per heavy atom. The summed E-state index contributed by atoms with van der Waals surface area (Å²) in [4.78, 5) is 11.5. The summed E-state index contributed by atoms with van der Waals surface area (Å²) >= 11 is 0. The summed E-state index contributed by atoms with van der Waals surface area (Å²) in [5.74, 6) is -0.111. The molecule has 94 valence electrons. The Labute approximate surface area is 100 Å². The van der Waals surface area contributed by atoms with Gasteiger partial charge in [0.1, 0.15) is 5.75 Å². The largest absolute Gasteiger partial charge is 0.508 e. The molecule has 0 spiro atoms. The van der Waals surface area contributed by atoms with Crippen LogP contribution in [-0.4, -0.2) is 34.8 Å². The first-order valence-corrected chi connectivity index (χ1v) is 5.48. The van der Waals surface area contributed by atoms with E-state index < -0.39 is 12.1 Å². The molecule has 0 bridgehead atoms. The van der Waals surface area contributed by atoms with Crippen LogP contribution >= 0.6 is 0 Å². The lowest BCUT2D eigenvalue weighted by Crippen LogP contribution is -2.44. The highest BCUT2D eigenvalue weighted by atomic mass is 16.3. The number of amides is 1. The van der Waals surface area contributed by atoms with Crippen molar-refractivity contribution in [3.05, 3.63) is 29.8 Å². The van der Waals surface area contributed by atoms with Gasteiger partial charge in [-0.05, 0) is 31.0 Å². The zero-order chi connectivity index (χ0) is 12.8. The Kier molecular flexibility index (Phi) is 4.93. The second-order valence-electron chi connectivity index (χ2n) is 4.07. The van der Waals surface area contributed by atoms with Gasteiger partial charge < -0.3 is 21.3 Å². The molecule has 1 rings (SSSR count). The van der Waals surface area contributed by atoms with Gasteiger partial charge in [0.2, 0.25) is 5.91 Å². The smallest absolute Gasteiger partial charge is 0.237 e. The molecular formula is C12H18N2O3. The van der Waals surface area contributed by atoms with Gasteiger partial charge in [0.25, 0.3) is 0 Å². The van der Waals surface area contributed by atoms with Crippen molar-refractivity contribution in [2.75, 3.05) is 6.54 Å². The first kappa shape index (κ1) is 13.5. The van der Waals surface area contributed by atoms with Crippen LogP contribution in [0.5, 0.6) is 5.75 Å². The fourth-order valence-electron chi connectivity index (χ4n) is 1.36. The van der Waals surface area contributed by atoms with Crippen LogP contribution in [0.25, 0.3) is 0 Å². The first-order valence-electron chi connectivity index (χ1n) is 5.48. The molecule has 0 saturated carbocycles. The third-order valence-electron chi connectivity index (χ3n) is 2.30. The maximum atomic E-state index is 11.5. The highest BCUT2D eigenvalue weighted by molar-refractivity contribution is 5.81. The van der Waals surface area contributed by atoms with Crippen LogP contribution in [0.2, 0.25) is 0 Å². The molecule has 0 aliphatic heterocycles. The molecule has 5 N–H and O–H groups in total. The molecule has 0 aliphatic rings. The van der Waals surface area contributed by atoms with E-state index in [0.29, 0.717) is 6.42 Å². The second-order valence-corrected chi connectivity index (χ2v) is 4.07. The van der Waals surface area contributed by atoms with Gasteiger partial charge in [-0.3, -0.25) is 4.79 Å². The highest BCUT2D eigenvalue weighted by Gasteiger charge is 2.14. The summed E-state index contributed by atoms with van der Waals surface area (Å²) in [5.41, 5.74) is 6.59. The monoisotopic (exact) mass is 238 g/mol. The molecular weight excluding hydrogens is 220 g/mol. The molecule has 0 aliphatic carbocycles. The Morgan fingerprint density at radius 1 is 1.41 bits per heavy atom. The standard InChI is InChI=1S/C12H18N2O3/c1-8(15)7-14-12(17)11(13)6-9-2-4-10(16)5-3-9/h2-5,8,11,15-16H,6-7,13H2,1H3,(H,14,17)/t8-,11-/m1/s1. The molecule has 1 amide bonds. The molecule has 5 heteroatoms. The zero-order valence-corrected chi connectivity index (χ0v) is 9.76. The van der Waals surface area contributed by atoms with E-state index in [1.807, 2.05) is 0 Å². The summed E-state index contributed by atoms with van der Waals surface area (Å²) < 4.78 is 0. The van der Waals surface area contributed by atoms with E-state index in [1.54, 1.807) is 31.2 Å². The van der Waals surface area contributed by atoms with E-state index in [2.05, 4.69) is 5.32 Å². The fourth-order valence-corrected chi connectivity index (χ4v) is 1.36. The van der Waals surface area contributed by atoms with Crippen molar-refractivity contribution in [3.8, 4) is 5.75 Å². The third kappa shape index (κ3) is 4.84. The molecule has 0 unspecified atom stereocenters. The van der Waals surface area contributed by atoms with Crippen molar-refractivity contribution >= 4 is 5.91 Å². The topological polar surface area (TPSA) is 95.6 Å². The van der Waals surface area contributed by atoms with Crippen LogP contribution in [0, 0.1) is 0 Å². The number of aromatic hydroxyl groups is 1. The summed E-state index contributed by atoms with van der Waals surface area (Å²) in [6.45, 7) is 1.79. The lowest BCUT2D eigenvalue weighted by molar-refractivity contribution is -0.122. The highest BCUT2D eigenvalue weighted by Crippen LogP contribution is 2.10. The Hall–Kier alpha value is -1.59. The van der Waals surface area contributed by atoms with Crippen molar-refractivity contribution in [3.63, 3.8) is 0 Å². The van der Waals surface area contributed by atoms with Crippen molar-refractivity contribution < 1.29 is 15.0 Å². The van der Waals surface area contributed by atoms with Gasteiger partial charge in [0, 0.05) is 6.54 Å². The van der Waals surface area contributed by atoms with Crippen LogP contribution in [0.3, 0.4) is 0 Å². The normalized spacial score (nSPS) is 14.1. The van der Waals surface area contributed by atoms with Crippen LogP contribution in [0.4, 0.5) is 0 Å². The molecule has 0 aromatic heterocycles. The third-order valence-corrected chi connectivity index (χ3v) is 2.30. The molecule has 2 atom stereocenters. The van der Waals surface area contributed by atoms with Crippen LogP contribution in [-0.2, 0) is 11.2 Å². The van der Waals surface area contributed by atoms with Crippen molar-refractivity contribution in [1.82, 2.24) is 5.32 Å². The van der Waals surface area contributed by atoms with E-state index in [4.69, 9.17) is 15.9 Å². The number of carbonyl (C=O) groups is 1. The van der Waals surface area contributed by atoms with Gasteiger partial charge in [0.15, 0.2) is 0 Å². The molecule has 0 fully saturated rings. The van der Waals surface area contributed by atoms with E-state index >= 15 is 0 Å². The number of phenolic OH excluding ortho intramolecular Hbond substituents is 1. The number of hydrogen-bond acceptors (Lipinski definition) is 4. The fraction of sp³-hybridized carbons (Fsp3) is 0.417. The lowest BCUT2D eigenvalue weighted by Gasteiger charge is -2.13. The SMILES string of the molecule is C[C@@H](O)CNC(=O)[C@H](N)Cc1ccc(O)cc1. The Bertz CT molecular complexity index is 363. The number of aliphatic hydroxyl groups is 1. The predicted molar refractivity (Wildman–Crippen MR) is 64.5 cm³/mol. The van der Waals surface area contributed by atoms with Crippen molar-refractivity contribution in [2.45, 2.75) is 25.5 Å². The number of rotatable bonds is 5. The van der Waals surface area contributed by atoms with Gasteiger partial charge in [0.05, 0.1) is 12.1 Å². The molecule has 5 nitrogen and oxygen atoms in total. The number of nitrogens with one attached hydrogen (secondary N) is 1. The predicted octanol–water partition coefficient (Wildman–Crippen LogP) is -0.241. The molecule has 0 heterocycles. The minimum Gasteiger partial charge on any atom is -0.508 e. The summed E-state index contributed by atoms with van der Waals surface area (Å²) in [6.07, 6.45) is -0.189. The lowest BCUT2D eigenvalue weighted by atomic mass is 10.1. The minimum absolute atomic E-state index is 0.181. The maximum Gasteiger partial charge on any atom is 0.237 e. The average molecular weight is 238 g/mol. The van der Waals surface area contributed by atoms with Crippen molar-refractivity contribution in [1.29, 1.82) is 0 Å². The Balaban J connectivity index is 2.45. The van der Waals surface area contributed by atoms with E-state index in [9.17, 15) is 4.79 Å². The van der Waals surface area contributed by atoms with E-state index in [-0.39, 0.29) is 18.2 Å². The van der Waals surface area contributed by atoms with Crippen LogP contribution < -0.4 is 11.1 Å². The summed E-state index contributed by atoms with van der Waals surface area (Å²) in [6, 6.07) is 5.89. The average Bonchev–Trinajstić information content (AvgIpc) is 2.28. The van der Waals surface area contributed by atoms with E-state index in [0.717, 1.165) is 5.56 Å². The van der Waals surface area contributed by atoms with Gasteiger partial charge in [-0.1, -0.05) is 12.1 Å². The number of hydrogen-bond donors (Lipinski definition) is 4. The van der Waals surface area contributed by atoms with Gasteiger partial charge in [-0.2, -0.15) is 0 Å². The number of phenols is 1. The molecule has 17 heavy (non-hydrogen) atoms. The number of carbonyl (C=O) groups excluding carboxylic acids is 1. The number of benzene rings is 1. The summed E-state index contributed by atoms with van der Waals surface area (Å²) in [5, 5.41) is 20.7. The second kappa shape index (κ2) is 6.22. The van der Waals surface area contributed by atoms with Crippen LogP contribution in [0.15, 0.2) is 24.3 Å². The first-order chi connectivity index (χ1) is 7.99. The number of aliphatic hydroxyl groups excluding tert-OH is 1. The van der Waals surface area contributed by atoms with Gasteiger partial charge >= 0.3 is 0 Å². The maximum absolute atomic E-state index is 11.5. The molecule has 0 saturated heterocycles. The molecule has 0 radical (unpaired) electrons. The van der Waals surface area contributed by atoms with E-state index in [1.165, 1.54) is 0 Å². The molecule has 1 aromatic rings. The van der Waals surface area contributed by atoms with Gasteiger partial charge in [-0.25, -0.2) is 0 Å². The Morgan fingerprint density at radius 3 is 2.53 bits per heavy atom. The summed E-state index contributed by atoms with van der Waals surface area (Å²) in [7, 11) is 0. The van der Waals surface area contributed by atoms with Crippen molar-refractivity contribution in [2.24, 2.45) is 5.73 Å². The number of nitrogens with two attached hydrogens (primary N) is 1. The van der Waals surface area contributed by atoms with Gasteiger partial charge in [-0.15, -0.1) is 0 Å². The molecule has 1 aromatic carbocycles. The zero-order valence-electron chi connectivity index (χ0n) is 9.76. The quantitative estimate of drug-likeness (QED) is 0.569. The minimum atomic E-state index is -0.654.